The van der Waals surface area contributed by atoms with Crippen molar-refractivity contribution in [1.29, 1.82) is 0 Å². The molecular weight excluding hydrogens is 357 g/mol. The number of sulfonamides is 1. The van der Waals surface area contributed by atoms with Crippen molar-refractivity contribution in [3.8, 4) is 0 Å². The highest BCUT2D eigenvalue weighted by molar-refractivity contribution is 7.88. The maximum atomic E-state index is 13.7. The van der Waals surface area contributed by atoms with Crippen molar-refractivity contribution in [2.24, 2.45) is 0 Å². The van der Waals surface area contributed by atoms with Gasteiger partial charge in [0, 0.05) is 18.2 Å². The van der Waals surface area contributed by atoms with Crippen LogP contribution >= 0.6 is 0 Å². The summed E-state index contributed by atoms with van der Waals surface area (Å²) >= 11 is 0. The molecule has 1 amide bonds. The molecule has 134 valence electrons. The van der Waals surface area contributed by atoms with Crippen molar-refractivity contribution >= 4 is 21.6 Å². The van der Waals surface area contributed by atoms with Gasteiger partial charge < -0.3 is 5.32 Å². The predicted molar refractivity (Wildman–Crippen MR) is 86.6 cm³/mol. The first-order valence-electron chi connectivity index (χ1n) is 7.10. The fourth-order valence-electron chi connectivity index (χ4n) is 2.05. The van der Waals surface area contributed by atoms with Gasteiger partial charge in [0.1, 0.15) is 17.5 Å². The Bertz CT molecular complexity index is 888. The Morgan fingerprint density at radius 2 is 1.76 bits per heavy atom. The minimum Gasteiger partial charge on any atom is -0.322 e. The number of rotatable bonds is 6. The smallest absolute Gasteiger partial charge is 0.239 e. The van der Waals surface area contributed by atoms with E-state index in [9.17, 15) is 26.4 Å². The number of benzene rings is 2. The highest BCUT2D eigenvalue weighted by atomic mass is 32.2. The van der Waals surface area contributed by atoms with E-state index in [2.05, 4.69) is 5.32 Å². The molecule has 2 aromatic rings. The van der Waals surface area contributed by atoms with E-state index in [1.54, 1.807) is 0 Å². The lowest BCUT2D eigenvalue weighted by Gasteiger charge is -2.20. The SMILES string of the molecule is CS(=O)(=O)N(CC(=O)Nc1ccc(F)cc1F)Cc1ccccc1F. The van der Waals surface area contributed by atoms with Crippen LogP contribution in [0.15, 0.2) is 42.5 Å². The van der Waals surface area contributed by atoms with Crippen LogP contribution in [0, 0.1) is 17.5 Å². The molecule has 1 N–H and O–H groups in total. The molecule has 0 atom stereocenters. The van der Waals surface area contributed by atoms with Crippen LogP contribution in [-0.2, 0) is 21.4 Å². The summed E-state index contributed by atoms with van der Waals surface area (Å²) in [6.07, 6.45) is 0.875. The van der Waals surface area contributed by atoms with Crippen molar-refractivity contribution in [2.75, 3.05) is 18.1 Å². The number of nitrogens with one attached hydrogen (secondary N) is 1. The topological polar surface area (TPSA) is 66.5 Å². The number of halogens is 3. The van der Waals surface area contributed by atoms with Gasteiger partial charge in [-0.3, -0.25) is 4.79 Å². The van der Waals surface area contributed by atoms with Crippen molar-refractivity contribution in [2.45, 2.75) is 6.54 Å². The normalized spacial score (nSPS) is 11.6. The van der Waals surface area contributed by atoms with E-state index in [0.717, 1.165) is 22.7 Å². The summed E-state index contributed by atoms with van der Waals surface area (Å²) in [5, 5.41) is 2.16. The largest absolute Gasteiger partial charge is 0.322 e. The molecule has 0 spiro atoms. The lowest BCUT2D eigenvalue weighted by Crippen LogP contribution is -2.37. The first kappa shape index (κ1) is 18.9. The molecule has 0 saturated carbocycles. The molecule has 0 aliphatic heterocycles. The van der Waals surface area contributed by atoms with Gasteiger partial charge in [-0.25, -0.2) is 21.6 Å². The Morgan fingerprint density at radius 3 is 2.36 bits per heavy atom. The Kier molecular flexibility index (Phi) is 5.81. The second kappa shape index (κ2) is 7.66. The lowest BCUT2D eigenvalue weighted by molar-refractivity contribution is -0.116. The first-order valence-corrected chi connectivity index (χ1v) is 8.95. The van der Waals surface area contributed by atoms with Crippen LogP contribution in [0.1, 0.15) is 5.56 Å². The molecule has 0 fully saturated rings. The highest BCUT2D eigenvalue weighted by Crippen LogP contribution is 2.16. The Labute approximate surface area is 143 Å². The number of hydrogen-bond donors (Lipinski definition) is 1. The van der Waals surface area contributed by atoms with Gasteiger partial charge in [0.25, 0.3) is 0 Å². The van der Waals surface area contributed by atoms with Crippen molar-refractivity contribution < 1.29 is 26.4 Å². The summed E-state index contributed by atoms with van der Waals surface area (Å²) in [4.78, 5) is 12.0. The van der Waals surface area contributed by atoms with E-state index < -0.39 is 39.9 Å². The van der Waals surface area contributed by atoms with E-state index in [4.69, 9.17) is 0 Å². The summed E-state index contributed by atoms with van der Waals surface area (Å²) in [5.74, 6) is -3.26. The summed E-state index contributed by atoms with van der Waals surface area (Å²) in [6, 6.07) is 8.11. The molecule has 0 saturated heterocycles. The van der Waals surface area contributed by atoms with E-state index >= 15 is 0 Å². The number of carbonyl (C=O) groups is 1. The van der Waals surface area contributed by atoms with Crippen LogP contribution < -0.4 is 5.32 Å². The van der Waals surface area contributed by atoms with Gasteiger partial charge in [-0.1, -0.05) is 18.2 Å². The van der Waals surface area contributed by atoms with Crippen molar-refractivity contribution in [3.05, 3.63) is 65.5 Å². The maximum Gasteiger partial charge on any atom is 0.239 e. The molecule has 0 radical (unpaired) electrons. The second-order valence-corrected chi connectivity index (χ2v) is 7.28. The van der Waals surface area contributed by atoms with E-state index in [1.807, 2.05) is 0 Å². The second-order valence-electron chi connectivity index (χ2n) is 5.29. The van der Waals surface area contributed by atoms with Crippen LogP contribution in [0.25, 0.3) is 0 Å². The molecule has 2 rings (SSSR count). The molecule has 2 aromatic carbocycles. The van der Waals surface area contributed by atoms with Gasteiger partial charge in [0.15, 0.2) is 0 Å². The zero-order chi connectivity index (χ0) is 18.6. The van der Waals surface area contributed by atoms with Gasteiger partial charge in [-0.05, 0) is 18.2 Å². The Morgan fingerprint density at radius 1 is 1.08 bits per heavy atom. The first-order chi connectivity index (χ1) is 11.7. The molecule has 9 heteroatoms. The van der Waals surface area contributed by atoms with Gasteiger partial charge in [-0.2, -0.15) is 4.31 Å². The summed E-state index contributed by atoms with van der Waals surface area (Å²) < 4.78 is 64.6. The highest BCUT2D eigenvalue weighted by Gasteiger charge is 2.22. The number of amides is 1. The predicted octanol–water partition coefficient (Wildman–Crippen LogP) is 2.50. The number of hydrogen-bond acceptors (Lipinski definition) is 3. The summed E-state index contributed by atoms with van der Waals surface area (Å²) in [5.41, 5.74) is -0.195. The quantitative estimate of drug-likeness (QED) is 0.847. The fourth-order valence-corrected chi connectivity index (χ4v) is 2.77. The Hall–Kier alpha value is -2.39. The number of carbonyl (C=O) groups excluding carboxylic acids is 1. The maximum absolute atomic E-state index is 13.7. The average molecular weight is 372 g/mol. The van der Waals surface area contributed by atoms with Crippen molar-refractivity contribution in [3.63, 3.8) is 0 Å². The summed E-state index contributed by atoms with van der Waals surface area (Å²) in [6.45, 7) is -1.01. The molecular formula is C16H15F3N2O3S. The average Bonchev–Trinajstić information content (AvgIpc) is 2.50. The van der Waals surface area contributed by atoms with Crippen molar-refractivity contribution in [1.82, 2.24) is 4.31 Å². The molecule has 0 aromatic heterocycles. The number of nitrogens with zero attached hydrogens (tertiary/aromatic N) is 1. The van der Waals surface area contributed by atoms with E-state index in [0.29, 0.717) is 6.07 Å². The monoisotopic (exact) mass is 372 g/mol. The van der Waals surface area contributed by atoms with E-state index in [-0.39, 0.29) is 17.8 Å². The zero-order valence-corrected chi connectivity index (χ0v) is 14.0. The van der Waals surface area contributed by atoms with Crippen LogP contribution in [0.3, 0.4) is 0 Å². The summed E-state index contributed by atoms with van der Waals surface area (Å²) in [7, 11) is -3.83. The molecule has 0 heterocycles. The molecule has 5 nitrogen and oxygen atoms in total. The van der Waals surface area contributed by atoms with Gasteiger partial charge >= 0.3 is 0 Å². The Balaban J connectivity index is 2.14. The molecule has 0 aliphatic carbocycles. The van der Waals surface area contributed by atoms with E-state index in [1.165, 1.54) is 24.3 Å². The van der Waals surface area contributed by atoms with Crippen LogP contribution in [-0.4, -0.2) is 31.4 Å². The van der Waals surface area contributed by atoms with Crippen LogP contribution in [0.4, 0.5) is 18.9 Å². The van der Waals surface area contributed by atoms with Gasteiger partial charge in [-0.15, -0.1) is 0 Å². The number of anilines is 1. The molecule has 0 unspecified atom stereocenters. The zero-order valence-electron chi connectivity index (χ0n) is 13.2. The van der Waals surface area contributed by atoms with Gasteiger partial charge in [0.2, 0.25) is 15.9 Å². The van der Waals surface area contributed by atoms with Gasteiger partial charge in [0.05, 0.1) is 18.5 Å². The molecule has 0 bridgehead atoms. The third-order valence-corrected chi connectivity index (χ3v) is 4.49. The minimum atomic E-state index is -3.83. The standard InChI is InChI=1S/C16H15F3N2O3S/c1-25(23,24)21(9-11-4-2-3-5-13(11)18)10-16(22)20-15-7-6-12(17)8-14(15)19/h2-8H,9-10H2,1H3,(H,20,22). The molecule has 0 aliphatic rings. The molecule has 25 heavy (non-hydrogen) atoms. The van der Waals surface area contributed by atoms with Crippen LogP contribution in [0.5, 0.6) is 0 Å². The fraction of sp³-hybridized carbons (Fsp3) is 0.188. The third-order valence-electron chi connectivity index (χ3n) is 3.30. The minimum absolute atomic E-state index is 0.0914. The third kappa shape index (κ3) is 5.30. The van der Waals surface area contributed by atoms with Crippen LogP contribution in [0.2, 0.25) is 0 Å². The lowest BCUT2D eigenvalue weighted by atomic mass is 10.2.